The number of ether oxygens (including phenoxy) is 2. The van der Waals surface area contributed by atoms with E-state index in [2.05, 4.69) is 26.7 Å². The van der Waals surface area contributed by atoms with Crippen molar-refractivity contribution >= 4 is 17.6 Å². The zero-order chi connectivity index (χ0) is 20.5. The van der Waals surface area contributed by atoms with Crippen LogP contribution in [0, 0.1) is 0 Å². The van der Waals surface area contributed by atoms with Crippen molar-refractivity contribution in [3.8, 4) is 11.5 Å². The van der Waals surface area contributed by atoms with Crippen molar-refractivity contribution in [2.24, 2.45) is 4.99 Å². The van der Waals surface area contributed by atoms with Crippen LogP contribution in [0.1, 0.15) is 36.8 Å². The van der Waals surface area contributed by atoms with Crippen molar-refractivity contribution < 1.29 is 9.47 Å². The summed E-state index contributed by atoms with van der Waals surface area (Å²) in [5, 5.41) is 7.18. The Labute approximate surface area is 177 Å². The van der Waals surface area contributed by atoms with Crippen molar-refractivity contribution in [2.45, 2.75) is 44.8 Å². The Morgan fingerprint density at radius 3 is 2.62 bits per heavy atom. The van der Waals surface area contributed by atoms with Gasteiger partial charge < -0.3 is 20.1 Å². The fourth-order valence-corrected chi connectivity index (χ4v) is 3.51. The zero-order valence-corrected chi connectivity index (χ0v) is 17.8. The maximum absolute atomic E-state index is 6.18. The van der Waals surface area contributed by atoms with Crippen LogP contribution in [0.5, 0.6) is 11.5 Å². The molecule has 1 aliphatic carbocycles. The summed E-state index contributed by atoms with van der Waals surface area (Å²) in [6.45, 7) is 1.40. The number of aromatic nitrogens is 1. The average molecular weight is 417 g/mol. The Morgan fingerprint density at radius 1 is 1.14 bits per heavy atom. The number of benzene rings is 1. The molecule has 0 atom stereocenters. The molecule has 29 heavy (non-hydrogen) atoms. The number of guanidine groups is 1. The highest BCUT2D eigenvalue weighted by molar-refractivity contribution is 6.29. The fraction of sp³-hybridized carbons (Fsp3) is 0.455. The summed E-state index contributed by atoms with van der Waals surface area (Å²) in [5.41, 5.74) is 2.24. The zero-order valence-electron chi connectivity index (χ0n) is 17.1. The van der Waals surface area contributed by atoms with E-state index in [0.29, 0.717) is 17.8 Å². The summed E-state index contributed by atoms with van der Waals surface area (Å²) in [5.74, 6) is 2.35. The monoisotopic (exact) mass is 416 g/mol. The third-order valence-electron chi connectivity index (χ3n) is 5.00. The van der Waals surface area contributed by atoms with Gasteiger partial charge >= 0.3 is 0 Å². The summed E-state index contributed by atoms with van der Waals surface area (Å²) in [4.78, 5) is 8.39. The second-order valence-corrected chi connectivity index (χ2v) is 7.49. The first-order chi connectivity index (χ1) is 14.2. The van der Waals surface area contributed by atoms with Gasteiger partial charge in [-0.05, 0) is 61.4 Å². The lowest BCUT2D eigenvalue weighted by molar-refractivity contribution is 0.200. The Kier molecular flexibility index (Phi) is 7.99. The summed E-state index contributed by atoms with van der Waals surface area (Å²) in [7, 11) is 3.44. The first kappa shape index (κ1) is 21.2. The number of halogens is 1. The minimum absolute atomic E-state index is 0.295. The number of nitrogens with one attached hydrogen (secondary N) is 2. The molecule has 6 nitrogen and oxygen atoms in total. The molecule has 1 aliphatic rings. The molecule has 2 N–H and O–H groups in total. The molecule has 0 saturated heterocycles. The van der Waals surface area contributed by atoms with Crippen LogP contribution in [0.4, 0.5) is 0 Å². The van der Waals surface area contributed by atoms with Crippen molar-refractivity contribution in [2.75, 3.05) is 20.7 Å². The molecule has 0 radical (unpaired) electrons. The summed E-state index contributed by atoms with van der Waals surface area (Å²) in [6, 6.07) is 9.84. The predicted octanol–water partition coefficient (Wildman–Crippen LogP) is 3.97. The molecule has 1 aromatic carbocycles. The summed E-state index contributed by atoms with van der Waals surface area (Å²) in [6.07, 6.45) is 7.64. The molecule has 0 aliphatic heterocycles. The van der Waals surface area contributed by atoms with Crippen LogP contribution in [0.3, 0.4) is 0 Å². The maximum atomic E-state index is 6.18. The second kappa shape index (κ2) is 10.9. The largest absolute Gasteiger partial charge is 0.493 e. The van der Waals surface area contributed by atoms with Crippen molar-refractivity contribution in [1.29, 1.82) is 0 Å². The first-order valence-electron chi connectivity index (χ1n) is 10.1. The van der Waals surface area contributed by atoms with Crippen LogP contribution < -0.4 is 20.1 Å². The van der Waals surface area contributed by atoms with E-state index in [1.165, 1.54) is 12.8 Å². The van der Waals surface area contributed by atoms with Gasteiger partial charge in [0.05, 0.1) is 13.2 Å². The minimum Gasteiger partial charge on any atom is -0.493 e. The van der Waals surface area contributed by atoms with E-state index in [1.54, 1.807) is 26.4 Å². The summed E-state index contributed by atoms with van der Waals surface area (Å²) >= 11 is 5.82. The van der Waals surface area contributed by atoms with E-state index in [9.17, 15) is 0 Å². The smallest absolute Gasteiger partial charge is 0.191 e. The number of methoxy groups -OCH3 is 1. The average Bonchev–Trinajstić information content (AvgIpc) is 3.25. The highest BCUT2D eigenvalue weighted by Gasteiger charge is 2.18. The number of pyridine rings is 1. The minimum atomic E-state index is 0.295. The van der Waals surface area contributed by atoms with Gasteiger partial charge in [0.2, 0.25) is 0 Å². The number of nitrogens with zero attached hydrogens (tertiary/aromatic N) is 2. The first-order valence-corrected chi connectivity index (χ1v) is 10.4. The molecule has 2 aromatic rings. The van der Waals surface area contributed by atoms with Gasteiger partial charge in [0, 0.05) is 26.3 Å². The molecule has 1 fully saturated rings. The Bertz CT molecular complexity index is 805. The van der Waals surface area contributed by atoms with E-state index >= 15 is 0 Å². The molecule has 1 saturated carbocycles. The standard InChI is InChI=1S/C22H29ClN4O2/c1-24-22(25-12-11-16-8-10-21(23)26-14-16)27-15-17-7-9-19(28-2)20(13-17)29-18-5-3-4-6-18/h7-10,13-14,18H,3-6,11-12,15H2,1-2H3,(H2,24,25,27). The van der Waals surface area contributed by atoms with E-state index in [-0.39, 0.29) is 0 Å². The third-order valence-corrected chi connectivity index (χ3v) is 5.23. The van der Waals surface area contributed by atoms with Crippen LogP contribution in [0.2, 0.25) is 5.15 Å². The SMILES string of the molecule is CN=C(NCCc1ccc(Cl)nc1)NCc1ccc(OC)c(OC2CCCC2)c1. The van der Waals surface area contributed by atoms with Crippen LogP contribution >= 0.6 is 11.6 Å². The molecule has 1 heterocycles. The van der Waals surface area contributed by atoms with Gasteiger partial charge in [0.1, 0.15) is 5.15 Å². The Hall–Kier alpha value is -2.47. The van der Waals surface area contributed by atoms with Gasteiger partial charge in [0.15, 0.2) is 17.5 Å². The third kappa shape index (κ3) is 6.53. The number of aliphatic imine (C=N–C) groups is 1. The van der Waals surface area contributed by atoms with Gasteiger partial charge in [-0.15, -0.1) is 0 Å². The lowest BCUT2D eigenvalue weighted by atomic mass is 10.2. The normalized spacial score (nSPS) is 14.7. The highest BCUT2D eigenvalue weighted by Crippen LogP contribution is 2.32. The number of hydrogen-bond donors (Lipinski definition) is 2. The Balaban J connectivity index is 1.51. The lowest BCUT2D eigenvalue weighted by Crippen LogP contribution is -2.37. The Morgan fingerprint density at radius 2 is 1.93 bits per heavy atom. The lowest BCUT2D eigenvalue weighted by Gasteiger charge is -2.17. The molecular formula is C22H29ClN4O2. The quantitative estimate of drug-likeness (QED) is 0.387. The molecule has 7 heteroatoms. The number of rotatable bonds is 8. The van der Waals surface area contributed by atoms with Crippen LogP contribution in [-0.2, 0) is 13.0 Å². The van der Waals surface area contributed by atoms with E-state index in [0.717, 1.165) is 54.4 Å². The topological polar surface area (TPSA) is 67.8 Å². The highest BCUT2D eigenvalue weighted by atomic mass is 35.5. The molecule has 0 spiro atoms. The van der Waals surface area contributed by atoms with E-state index < -0.39 is 0 Å². The van der Waals surface area contributed by atoms with Crippen molar-refractivity contribution in [1.82, 2.24) is 15.6 Å². The molecule has 0 bridgehead atoms. The second-order valence-electron chi connectivity index (χ2n) is 7.10. The van der Waals surface area contributed by atoms with Gasteiger partial charge in [-0.1, -0.05) is 23.7 Å². The van der Waals surface area contributed by atoms with Gasteiger partial charge in [-0.25, -0.2) is 4.98 Å². The maximum Gasteiger partial charge on any atom is 0.191 e. The van der Waals surface area contributed by atoms with Crippen LogP contribution in [0.15, 0.2) is 41.5 Å². The van der Waals surface area contributed by atoms with E-state index in [4.69, 9.17) is 21.1 Å². The van der Waals surface area contributed by atoms with Crippen molar-refractivity contribution in [3.05, 3.63) is 52.8 Å². The predicted molar refractivity (Wildman–Crippen MR) is 117 cm³/mol. The molecular weight excluding hydrogens is 388 g/mol. The van der Waals surface area contributed by atoms with Gasteiger partial charge in [-0.3, -0.25) is 4.99 Å². The fourth-order valence-electron chi connectivity index (χ4n) is 3.39. The van der Waals surface area contributed by atoms with Gasteiger partial charge in [0.25, 0.3) is 0 Å². The van der Waals surface area contributed by atoms with Crippen molar-refractivity contribution in [3.63, 3.8) is 0 Å². The van der Waals surface area contributed by atoms with Crippen LogP contribution in [-0.4, -0.2) is 37.7 Å². The molecule has 156 valence electrons. The molecule has 3 rings (SSSR count). The van der Waals surface area contributed by atoms with E-state index in [1.807, 2.05) is 18.2 Å². The molecule has 1 aromatic heterocycles. The molecule has 0 amide bonds. The van der Waals surface area contributed by atoms with Crippen LogP contribution in [0.25, 0.3) is 0 Å². The molecule has 0 unspecified atom stereocenters. The summed E-state index contributed by atoms with van der Waals surface area (Å²) < 4.78 is 11.6. The number of hydrogen-bond acceptors (Lipinski definition) is 4. The van der Waals surface area contributed by atoms with Gasteiger partial charge in [-0.2, -0.15) is 0 Å².